The zero-order valence-electron chi connectivity index (χ0n) is 16.1. The molecule has 0 saturated heterocycles. The lowest BCUT2D eigenvalue weighted by atomic mass is 10.1. The van der Waals surface area contributed by atoms with Crippen molar-refractivity contribution in [3.63, 3.8) is 0 Å². The van der Waals surface area contributed by atoms with Crippen molar-refractivity contribution in [1.82, 2.24) is 9.13 Å². The minimum absolute atomic E-state index is 0.609. The fraction of sp³-hybridized carbons (Fsp3) is 0.684. The van der Waals surface area contributed by atoms with Crippen LogP contribution in [0.5, 0.6) is 0 Å². The maximum Gasteiger partial charge on any atom is 0.243 e. The standard InChI is InChI=1S/C19H34N4O2/c1-18(2,24)14-22-12-10-20(16-22)8-6-5-7-9-21-11-13-23(17-21)15-19(3,4)25/h10-13,16-17,24-25H,5-9,14-15H2,1-4H3/q+2. The van der Waals surface area contributed by atoms with Crippen LogP contribution in [0.4, 0.5) is 0 Å². The van der Waals surface area contributed by atoms with E-state index in [0.29, 0.717) is 13.1 Å². The zero-order chi connectivity index (χ0) is 18.5. The van der Waals surface area contributed by atoms with Crippen molar-refractivity contribution in [2.75, 3.05) is 0 Å². The smallest absolute Gasteiger partial charge is 0.243 e. The SMILES string of the molecule is CC(C)(O)C[n+]1ccn(CCCCCn2cc[n+](CC(C)(C)O)c2)c1. The molecule has 6 heteroatoms. The summed E-state index contributed by atoms with van der Waals surface area (Å²) < 4.78 is 8.42. The van der Waals surface area contributed by atoms with Crippen LogP contribution in [-0.2, 0) is 26.2 Å². The van der Waals surface area contributed by atoms with E-state index in [1.54, 1.807) is 0 Å². The number of hydrogen-bond acceptors (Lipinski definition) is 2. The molecule has 0 aliphatic rings. The van der Waals surface area contributed by atoms with Crippen LogP contribution in [0.25, 0.3) is 0 Å². The quantitative estimate of drug-likeness (QED) is 0.501. The maximum absolute atomic E-state index is 9.85. The van der Waals surface area contributed by atoms with Crippen LogP contribution in [0, 0.1) is 0 Å². The van der Waals surface area contributed by atoms with E-state index in [1.165, 1.54) is 6.42 Å². The first-order valence-electron chi connectivity index (χ1n) is 9.15. The van der Waals surface area contributed by atoms with Gasteiger partial charge in [-0.15, -0.1) is 0 Å². The Balaban J connectivity index is 1.65. The summed E-state index contributed by atoms with van der Waals surface area (Å²) in [5.74, 6) is 0. The molecular weight excluding hydrogens is 316 g/mol. The molecule has 0 bridgehead atoms. The van der Waals surface area contributed by atoms with Crippen molar-refractivity contribution in [3.8, 4) is 0 Å². The molecule has 2 N–H and O–H groups in total. The van der Waals surface area contributed by atoms with E-state index in [0.717, 1.165) is 25.9 Å². The fourth-order valence-electron chi connectivity index (χ4n) is 2.99. The number of imidazole rings is 2. The van der Waals surface area contributed by atoms with Gasteiger partial charge in [-0.25, -0.2) is 18.3 Å². The van der Waals surface area contributed by atoms with Gasteiger partial charge in [0.1, 0.15) is 37.9 Å². The van der Waals surface area contributed by atoms with Crippen molar-refractivity contribution in [3.05, 3.63) is 37.4 Å². The summed E-state index contributed by atoms with van der Waals surface area (Å²) in [6.07, 6.45) is 15.7. The Kier molecular flexibility index (Phi) is 6.41. The number of unbranched alkanes of at least 4 members (excludes halogenated alkanes) is 2. The van der Waals surface area contributed by atoms with Gasteiger partial charge >= 0.3 is 0 Å². The van der Waals surface area contributed by atoms with Gasteiger partial charge in [-0.1, -0.05) is 0 Å². The van der Waals surface area contributed by atoms with Gasteiger partial charge in [-0.3, -0.25) is 0 Å². The van der Waals surface area contributed by atoms with Gasteiger partial charge in [0.05, 0.1) is 24.3 Å². The minimum Gasteiger partial charge on any atom is -0.386 e. The first-order chi connectivity index (χ1) is 11.6. The molecule has 6 nitrogen and oxygen atoms in total. The first-order valence-corrected chi connectivity index (χ1v) is 9.15. The highest BCUT2D eigenvalue weighted by Gasteiger charge is 2.18. The lowest BCUT2D eigenvalue weighted by Crippen LogP contribution is -2.43. The maximum atomic E-state index is 9.85. The highest BCUT2D eigenvalue weighted by molar-refractivity contribution is 4.69. The Morgan fingerprint density at radius 1 is 0.720 bits per heavy atom. The molecular formula is C19H34N4O2+2. The molecule has 0 aliphatic carbocycles. The van der Waals surface area contributed by atoms with Crippen LogP contribution in [-0.4, -0.2) is 30.5 Å². The van der Waals surface area contributed by atoms with E-state index in [9.17, 15) is 10.2 Å². The van der Waals surface area contributed by atoms with Gasteiger partial charge in [-0.05, 0) is 47.0 Å². The summed E-state index contributed by atoms with van der Waals surface area (Å²) in [5.41, 5.74) is -1.37. The third-order valence-corrected chi connectivity index (χ3v) is 3.96. The second-order valence-electron chi connectivity index (χ2n) is 8.33. The van der Waals surface area contributed by atoms with Crippen LogP contribution >= 0.6 is 0 Å². The lowest BCUT2D eigenvalue weighted by Gasteiger charge is -2.13. The van der Waals surface area contributed by atoms with E-state index in [2.05, 4.69) is 34.2 Å². The largest absolute Gasteiger partial charge is 0.386 e. The predicted molar refractivity (Wildman–Crippen MR) is 95.7 cm³/mol. The zero-order valence-corrected chi connectivity index (χ0v) is 16.1. The average molecular weight is 351 g/mol. The Bertz CT molecular complexity index is 591. The van der Waals surface area contributed by atoms with Crippen molar-refractivity contribution in [1.29, 1.82) is 0 Å². The first kappa shape index (κ1) is 19.7. The van der Waals surface area contributed by atoms with E-state index in [1.807, 2.05) is 49.2 Å². The summed E-state index contributed by atoms with van der Waals surface area (Å²) in [5, 5.41) is 19.7. The van der Waals surface area contributed by atoms with E-state index >= 15 is 0 Å². The second-order valence-corrected chi connectivity index (χ2v) is 8.33. The van der Waals surface area contributed by atoms with Crippen molar-refractivity contribution >= 4 is 0 Å². The van der Waals surface area contributed by atoms with Crippen LogP contribution in [0.2, 0.25) is 0 Å². The third-order valence-electron chi connectivity index (χ3n) is 3.96. The summed E-state index contributed by atoms with van der Waals surface area (Å²) in [4.78, 5) is 0. The Morgan fingerprint density at radius 2 is 1.12 bits per heavy atom. The summed E-state index contributed by atoms with van der Waals surface area (Å²) in [6.45, 7) is 10.5. The molecule has 140 valence electrons. The number of aryl methyl sites for hydroxylation is 2. The monoisotopic (exact) mass is 350 g/mol. The molecule has 0 fully saturated rings. The molecule has 0 unspecified atom stereocenters. The fourth-order valence-corrected chi connectivity index (χ4v) is 2.99. The molecule has 0 aromatic carbocycles. The Morgan fingerprint density at radius 3 is 1.48 bits per heavy atom. The van der Waals surface area contributed by atoms with E-state index in [4.69, 9.17) is 0 Å². The average Bonchev–Trinajstić information content (AvgIpc) is 3.04. The predicted octanol–water partition coefficient (Wildman–Crippen LogP) is 1.28. The molecule has 2 rings (SSSR count). The van der Waals surface area contributed by atoms with Gasteiger partial charge in [0.25, 0.3) is 0 Å². The molecule has 0 aliphatic heterocycles. The third kappa shape index (κ3) is 7.84. The number of aromatic nitrogens is 4. The number of rotatable bonds is 10. The van der Waals surface area contributed by atoms with E-state index in [-0.39, 0.29) is 0 Å². The highest BCUT2D eigenvalue weighted by atomic mass is 16.3. The minimum atomic E-state index is -0.685. The number of nitrogens with zero attached hydrogens (tertiary/aromatic N) is 4. The Hall–Kier alpha value is -1.66. The van der Waals surface area contributed by atoms with Crippen LogP contribution in [0.3, 0.4) is 0 Å². The molecule has 2 aromatic heterocycles. The number of hydrogen-bond donors (Lipinski definition) is 2. The van der Waals surface area contributed by atoms with Gasteiger partial charge in [-0.2, -0.15) is 0 Å². The summed E-state index contributed by atoms with van der Waals surface area (Å²) in [6, 6.07) is 0. The molecule has 0 atom stereocenters. The summed E-state index contributed by atoms with van der Waals surface area (Å²) in [7, 11) is 0. The highest BCUT2D eigenvalue weighted by Crippen LogP contribution is 2.04. The number of aliphatic hydroxyl groups is 2. The molecule has 0 amide bonds. The lowest BCUT2D eigenvalue weighted by molar-refractivity contribution is -0.708. The van der Waals surface area contributed by atoms with Crippen molar-refractivity contribution in [2.24, 2.45) is 0 Å². The Labute approximate surface area is 151 Å². The normalized spacial score (nSPS) is 12.7. The second kappa shape index (κ2) is 8.15. The van der Waals surface area contributed by atoms with Crippen molar-refractivity contribution in [2.45, 2.75) is 84.3 Å². The molecule has 0 radical (unpaired) electrons. The molecule has 25 heavy (non-hydrogen) atoms. The van der Waals surface area contributed by atoms with Crippen molar-refractivity contribution < 1.29 is 19.3 Å². The van der Waals surface area contributed by atoms with Gasteiger partial charge < -0.3 is 10.2 Å². The van der Waals surface area contributed by atoms with Crippen LogP contribution < -0.4 is 9.13 Å². The topological polar surface area (TPSA) is 58.1 Å². The molecule has 0 spiro atoms. The van der Waals surface area contributed by atoms with Gasteiger partial charge in [0, 0.05) is 0 Å². The molecule has 2 aromatic rings. The van der Waals surface area contributed by atoms with Gasteiger partial charge in [0.2, 0.25) is 12.7 Å². The van der Waals surface area contributed by atoms with E-state index < -0.39 is 11.2 Å². The summed E-state index contributed by atoms with van der Waals surface area (Å²) >= 11 is 0. The molecule has 2 heterocycles. The van der Waals surface area contributed by atoms with Crippen LogP contribution in [0.1, 0.15) is 47.0 Å². The molecule has 0 saturated carbocycles. The van der Waals surface area contributed by atoms with Crippen LogP contribution in [0.15, 0.2) is 37.4 Å². The van der Waals surface area contributed by atoms with Gasteiger partial charge in [0.15, 0.2) is 0 Å².